The van der Waals surface area contributed by atoms with Gasteiger partial charge in [0.25, 0.3) is 0 Å². The topological polar surface area (TPSA) is 64.7 Å². The van der Waals surface area contributed by atoms with E-state index in [9.17, 15) is 0 Å². The third kappa shape index (κ3) is 3.94. The van der Waals surface area contributed by atoms with Gasteiger partial charge in [0, 0.05) is 45.2 Å². The summed E-state index contributed by atoms with van der Waals surface area (Å²) in [5.74, 6) is 1.85. The van der Waals surface area contributed by atoms with Crippen molar-refractivity contribution >= 4 is 54.3 Å². The minimum atomic E-state index is 0.601. The lowest BCUT2D eigenvalue weighted by molar-refractivity contribution is 0.669. The van der Waals surface area contributed by atoms with Crippen LogP contribution in [0, 0.1) is 0 Å². The molecule has 0 aliphatic carbocycles. The molecule has 0 atom stereocenters. The van der Waals surface area contributed by atoms with Crippen molar-refractivity contribution in [3.05, 3.63) is 134 Å². The van der Waals surface area contributed by atoms with Crippen molar-refractivity contribution in [3.8, 4) is 34.2 Å². The molecule has 0 fully saturated rings. The highest BCUT2D eigenvalue weighted by atomic mass is 16.3. The monoisotopic (exact) mass is 550 g/mol. The lowest BCUT2D eigenvalue weighted by Crippen LogP contribution is -2.00. The SMILES string of the molecule is c1ccc2cc(-c3nc(-c4ccc5ccccc5c4)nc(-c4cccc5oc6cc7cnccc7cc6c45)n3)ccc2c1. The second-order valence-corrected chi connectivity index (χ2v) is 10.8. The zero-order valence-electron chi connectivity index (χ0n) is 22.9. The van der Waals surface area contributed by atoms with E-state index in [1.807, 2.05) is 30.6 Å². The Bertz CT molecular complexity index is 2430. The smallest absolute Gasteiger partial charge is 0.164 e. The molecule has 0 radical (unpaired) electrons. The van der Waals surface area contributed by atoms with Crippen LogP contribution in [0.5, 0.6) is 0 Å². The molecule has 0 saturated carbocycles. The summed E-state index contributed by atoms with van der Waals surface area (Å²) < 4.78 is 6.35. The van der Waals surface area contributed by atoms with Gasteiger partial charge in [-0.3, -0.25) is 4.98 Å². The lowest BCUT2D eigenvalue weighted by atomic mass is 10.0. The highest BCUT2D eigenvalue weighted by Gasteiger charge is 2.18. The molecular formula is C38H22N4O. The number of fused-ring (bicyclic) bond motifs is 6. The van der Waals surface area contributed by atoms with E-state index in [4.69, 9.17) is 19.4 Å². The van der Waals surface area contributed by atoms with Gasteiger partial charge in [0.05, 0.1) is 0 Å². The molecule has 3 heterocycles. The van der Waals surface area contributed by atoms with Crippen molar-refractivity contribution in [2.75, 3.05) is 0 Å². The maximum atomic E-state index is 6.35. The molecule has 0 spiro atoms. The molecule has 43 heavy (non-hydrogen) atoms. The summed E-state index contributed by atoms with van der Waals surface area (Å²) in [7, 11) is 0. The Morgan fingerprint density at radius 3 is 1.77 bits per heavy atom. The minimum Gasteiger partial charge on any atom is -0.456 e. The molecule has 0 aliphatic rings. The van der Waals surface area contributed by atoms with Gasteiger partial charge in [0.2, 0.25) is 0 Å². The second-order valence-electron chi connectivity index (χ2n) is 10.8. The second kappa shape index (κ2) is 9.29. The van der Waals surface area contributed by atoms with Crippen LogP contribution >= 0.6 is 0 Å². The normalized spacial score (nSPS) is 11.7. The number of benzene rings is 6. The highest BCUT2D eigenvalue weighted by molar-refractivity contribution is 6.15. The zero-order chi connectivity index (χ0) is 28.3. The Morgan fingerprint density at radius 1 is 0.442 bits per heavy atom. The Kier molecular flexibility index (Phi) is 5.13. The first-order chi connectivity index (χ1) is 21.3. The molecule has 0 saturated heterocycles. The molecule has 0 N–H and O–H groups in total. The number of rotatable bonds is 3. The standard InChI is InChI=1S/C38H22N4O/c1-3-8-25-18-28(14-12-23(25)6-1)36-40-37(29-15-13-24-7-2-4-9-26(24)19-29)42-38(41-36)31-10-5-11-33-35(31)32-20-27-16-17-39-22-30(27)21-34(32)43-33/h1-22H. The first kappa shape index (κ1) is 23.7. The van der Waals surface area contributed by atoms with Gasteiger partial charge in [0.1, 0.15) is 11.2 Å². The number of nitrogens with zero attached hydrogens (tertiary/aromatic N) is 4. The maximum absolute atomic E-state index is 6.35. The van der Waals surface area contributed by atoms with E-state index < -0.39 is 0 Å². The fourth-order valence-corrected chi connectivity index (χ4v) is 6.01. The summed E-state index contributed by atoms with van der Waals surface area (Å²) in [4.78, 5) is 19.5. The van der Waals surface area contributed by atoms with Crippen molar-refractivity contribution < 1.29 is 4.42 Å². The predicted octanol–water partition coefficient (Wildman–Crippen LogP) is 9.63. The maximum Gasteiger partial charge on any atom is 0.164 e. The predicted molar refractivity (Wildman–Crippen MR) is 174 cm³/mol. The van der Waals surface area contributed by atoms with Crippen LogP contribution in [0.15, 0.2) is 138 Å². The average molecular weight is 551 g/mol. The van der Waals surface area contributed by atoms with Crippen molar-refractivity contribution in [2.24, 2.45) is 0 Å². The van der Waals surface area contributed by atoms with Gasteiger partial charge in [-0.15, -0.1) is 0 Å². The van der Waals surface area contributed by atoms with Crippen molar-refractivity contribution in [1.82, 2.24) is 19.9 Å². The molecule has 200 valence electrons. The molecule has 0 aliphatic heterocycles. The number of pyridine rings is 1. The largest absolute Gasteiger partial charge is 0.456 e. The van der Waals surface area contributed by atoms with Gasteiger partial charge >= 0.3 is 0 Å². The van der Waals surface area contributed by atoms with E-state index in [0.29, 0.717) is 17.5 Å². The molecule has 3 aromatic heterocycles. The molecule has 0 bridgehead atoms. The van der Waals surface area contributed by atoms with Gasteiger partial charge in [0.15, 0.2) is 17.5 Å². The molecule has 6 aromatic carbocycles. The molecule has 5 heteroatoms. The number of aromatic nitrogens is 4. The summed E-state index contributed by atoms with van der Waals surface area (Å²) in [6.07, 6.45) is 3.68. The van der Waals surface area contributed by atoms with Gasteiger partial charge in [-0.05, 0) is 63.3 Å². The van der Waals surface area contributed by atoms with Crippen molar-refractivity contribution in [3.63, 3.8) is 0 Å². The first-order valence-corrected chi connectivity index (χ1v) is 14.2. The van der Waals surface area contributed by atoms with Crippen molar-refractivity contribution in [2.45, 2.75) is 0 Å². The van der Waals surface area contributed by atoms with Crippen LogP contribution < -0.4 is 0 Å². The first-order valence-electron chi connectivity index (χ1n) is 14.2. The molecule has 9 aromatic rings. The van der Waals surface area contributed by atoms with Crippen LogP contribution in [0.1, 0.15) is 0 Å². The number of hydrogen-bond donors (Lipinski definition) is 0. The fourth-order valence-electron chi connectivity index (χ4n) is 6.01. The number of furan rings is 1. The average Bonchev–Trinajstić information content (AvgIpc) is 3.44. The van der Waals surface area contributed by atoms with E-state index in [1.165, 1.54) is 10.8 Å². The quantitative estimate of drug-likeness (QED) is 0.219. The summed E-state index contributed by atoms with van der Waals surface area (Å²) in [6.45, 7) is 0. The van der Waals surface area contributed by atoms with E-state index in [0.717, 1.165) is 60.2 Å². The third-order valence-electron chi connectivity index (χ3n) is 8.15. The summed E-state index contributed by atoms with van der Waals surface area (Å²) in [5, 5.41) is 8.76. The van der Waals surface area contributed by atoms with Gasteiger partial charge in [-0.2, -0.15) is 0 Å². The summed E-state index contributed by atoms with van der Waals surface area (Å²) in [6, 6.07) is 41.7. The summed E-state index contributed by atoms with van der Waals surface area (Å²) in [5.41, 5.74) is 4.37. The van der Waals surface area contributed by atoms with Crippen LogP contribution in [-0.2, 0) is 0 Å². The van der Waals surface area contributed by atoms with E-state index >= 15 is 0 Å². The van der Waals surface area contributed by atoms with E-state index in [1.54, 1.807) is 0 Å². The van der Waals surface area contributed by atoms with E-state index in [-0.39, 0.29) is 0 Å². The summed E-state index contributed by atoms with van der Waals surface area (Å²) >= 11 is 0. The Labute approximate surface area is 246 Å². The fraction of sp³-hybridized carbons (Fsp3) is 0. The van der Waals surface area contributed by atoms with E-state index in [2.05, 4.69) is 108 Å². The van der Waals surface area contributed by atoms with Gasteiger partial charge < -0.3 is 4.42 Å². The molecule has 9 rings (SSSR count). The third-order valence-corrected chi connectivity index (χ3v) is 8.15. The van der Waals surface area contributed by atoms with Crippen LogP contribution in [0.4, 0.5) is 0 Å². The van der Waals surface area contributed by atoms with Crippen LogP contribution in [0.3, 0.4) is 0 Å². The lowest BCUT2D eigenvalue weighted by Gasteiger charge is -2.10. The zero-order valence-corrected chi connectivity index (χ0v) is 22.9. The molecule has 5 nitrogen and oxygen atoms in total. The Morgan fingerprint density at radius 2 is 1.07 bits per heavy atom. The van der Waals surface area contributed by atoms with Crippen LogP contribution in [0.25, 0.3) is 88.4 Å². The highest BCUT2D eigenvalue weighted by Crippen LogP contribution is 2.38. The molecule has 0 amide bonds. The molecular weight excluding hydrogens is 528 g/mol. The van der Waals surface area contributed by atoms with Crippen LogP contribution in [0.2, 0.25) is 0 Å². The number of hydrogen-bond acceptors (Lipinski definition) is 5. The minimum absolute atomic E-state index is 0.601. The van der Waals surface area contributed by atoms with Crippen molar-refractivity contribution in [1.29, 1.82) is 0 Å². The van der Waals surface area contributed by atoms with Crippen LogP contribution in [-0.4, -0.2) is 19.9 Å². The molecule has 0 unspecified atom stereocenters. The van der Waals surface area contributed by atoms with Gasteiger partial charge in [-0.1, -0.05) is 84.9 Å². The Balaban J connectivity index is 1.32. The van der Waals surface area contributed by atoms with Gasteiger partial charge in [-0.25, -0.2) is 15.0 Å². The Hall–Kier alpha value is -5.94.